The number of aryl methyl sites for hydroxylation is 2. The van der Waals surface area contributed by atoms with Gasteiger partial charge < -0.3 is 10.2 Å². The molecule has 1 aromatic heterocycles. The Labute approximate surface area is 120 Å². The fourth-order valence-electron chi connectivity index (χ4n) is 3.08. The molecule has 20 heavy (non-hydrogen) atoms. The van der Waals surface area contributed by atoms with Crippen molar-refractivity contribution in [2.24, 2.45) is 11.1 Å². The van der Waals surface area contributed by atoms with E-state index < -0.39 is 0 Å². The van der Waals surface area contributed by atoms with Crippen molar-refractivity contribution < 1.29 is 4.42 Å². The predicted octanol–water partition coefficient (Wildman–Crippen LogP) is 3.22. The normalized spacial score (nSPS) is 23.8. The molecule has 3 rings (SSSR count). The largest absolute Gasteiger partial charge is 0.460 e. The number of fused-ring (bicyclic) bond motifs is 1. The maximum atomic E-state index is 5.99. The lowest BCUT2D eigenvalue weighted by Crippen LogP contribution is -2.31. The topological polar surface area (TPSA) is 42.4 Å². The second-order valence-electron chi connectivity index (χ2n) is 6.66. The molecular formula is C17H24N2O. The van der Waals surface area contributed by atoms with Gasteiger partial charge in [-0.25, -0.2) is 0 Å². The summed E-state index contributed by atoms with van der Waals surface area (Å²) in [5, 5.41) is 1.21. The van der Waals surface area contributed by atoms with E-state index in [-0.39, 0.29) is 5.41 Å². The molecule has 2 aromatic rings. The molecule has 0 spiro atoms. The van der Waals surface area contributed by atoms with Crippen LogP contribution in [0.4, 0.5) is 0 Å². The van der Waals surface area contributed by atoms with E-state index in [9.17, 15) is 0 Å². The zero-order chi connectivity index (χ0) is 14.3. The summed E-state index contributed by atoms with van der Waals surface area (Å²) in [6.07, 6.45) is 1.18. The maximum Gasteiger partial charge on any atom is 0.134 e. The molecule has 1 aromatic carbocycles. The number of benzene rings is 1. The lowest BCUT2D eigenvalue weighted by molar-refractivity contribution is 0.258. The molecule has 1 saturated heterocycles. The Balaban J connectivity index is 1.79. The van der Waals surface area contributed by atoms with Crippen molar-refractivity contribution in [2.75, 3.05) is 19.6 Å². The van der Waals surface area contributed by atoms with Crippen LogP contribution in [0, 0.1) is 19.3 Å². The van der Waals surface area contributed by atoms with Gasteiger partial charge in [-0.05, 0) is 68.1 Å². The van der Waals surface area contributed by atoms with Crippen LogP contribution in [0.3, 0.4) is 0 Å². The number of furan rings is 1. The minimum Gasteiger partial charge on any atom is -0.460 e. The van der Waals surface area contributed by atoms with Gasteiger partial charge >= 0.3 is 0 Å². The van der Waals surface area contributed by atoms with Crippen molar-refractivity contribution in [3.8, 4) is 0 Å². The van der Waals surface area contributed by atoms with Gasteiger partial charge in [-0.1, -0.05) is 6.92 Å². The van der Waals surface area contributed by atoms with Crippen LogP contribution in [-0.2, 0) is 6.54 Å². The molecule has 0 saturated carbocycles. The van der Waals surface area contributed by atoms with Crippen LogP contribution in [0.2, 0.25) is 0 Å². The molecular weight excluding hydrogens is 248 g/mol. The molecule has 0 amide bonds. The first-order valence-electron chi connectivity index (χ1n) is 7.41. The second kappa shape index (κ2) is 4.90. The molecule has 3 heteroatoms. The van der Waals surface area contributed by atoms with Crippen molar-refractivity contribution >= 4 is 11.0 Å². The highest BCUT2D eigenvalue weighted by Crippen LogP contribution is 2.31. The molecule has 1 unspecified atom stereocenters. The van der Waals surface area contributed by atoms with Gasteiger partial charge in [0.25, 0.3) is 0 Å². The first-order valence-corrected chi connectivity index (χ1v) is 7.41. The Hall–Kier alpha value is -1.32. The Morgan fingerprint density at radius 2 is 2.00 bits per heavy atom. The van der Waals surface area contributed by atoms with Gasteiger partial charge in [-0.2, -0.15) is 0 Å². The summed E-state index contributed by atoms with van der Waals surface area (Å²) in [7, 11) is 0. The number of hydrogen-bond donors (Lipinski definition) is 1. The van der Waals surface area contributed by atoms with Gasteiger partial charge in [-0.3, -0.25) is 4.90 Å². The van der Waals surface area contributed by atoms with Crippen molar-refractivity contribution in [1.29, 1.82) is 0 Å². The smallest absolute Gasteiger partial charge is 0.134 e. The molecule has 1 atom stereocenters. The quantitative estimate of drug-likeness (QED) is 0.933. The van der Waals surface area contributed by atoms with Gasteiger partial charge in [0.15, 0.2) is 0 Å². The molecule has 108 valence electrons. The Bertz CT molecular complexity index is 592. The molecule has 0 bridgehead atoms. The third kappa shape index (κ3) is 2.48. The molecule has 2 N–H and O–H groups in total. The molecule has 1 fully saturated rings. The van der Waals surface area contributed by atoms with Crippen molar-refractivity contribution in [3.63, 3.8) is 0 Å². The van der Waals surface area contributed by atoms with Gasteiger partial charge in [0, 0.05) is 11.9 Å². The Morgan fingerprint density at radius 1 is 1.25 bits per heavy atom. The summed E-state index contributed by atoms with van der Waals surface area (Å²) in [5.41, 5.74) is 9.76. The van der Waals surface area contributed by atoms with Crippen LogP contribution in [0.1, 0.15) is 30.2 Å². The lowest BCUT2D eigenvalue weighted by Gasteiger charge is -2.21. The molecule has 1 aliphatic rings. The van der Waals surface area contributed by atoms with Gasteiger partial charge in [-0.15, -0.1) is 0 Å². The van der Waals surface area contributed by atoms with Crippen LogP contribution in [0.25, 0.3) is 11.0 Å². The zero-order valence-corrected chi connectivity index (χ0v) is 12.7. The van der Waals surface area contributed by atoms with E-state index in [4.69, 9.17) is 10.2 Å². The Kier molecular flexibility index (Phi) is 3.35. The average molecular weight is 272 g/mol. The number of nitrogens with zero attached hydrogens (tertiary/aromatic N) is 1. The number of nitrogens with two attached hydrogens (primary N) is 1. The summed E-state index contributed by atoms with van der Waals surface area (Å²) in [6, 6.07) is 6.54. The molecule has 3 nitrogen and oxygen atoms in total. The third-order valence-electron chi connectivity index (χ3n) is 4.69. The second-order valence-corrected chi connectivity index (χ2v) is 6.66. The van der Waals surface area contributed by atoms with E-state index in [0.717, 1.165) is 37.5 Å². The van der Waals surface area contributed by atoms with E-state index in [1.807, 2.05) is 0 Å². The average Bonchev–Trinajstić information content (AvgIpc) is 2.95. The minimum atomic E-state index is 0.277. The van der Waals surface area contributed by atoms with E-state index in [0.29, 0.717) is 0 Å². The van der Waals surface area contributed by atoms with Crippen LogP contribution in [-0.4, -0.2) is 24.5 Å². The van der Waals surface area contributed by atoms with E-state index in [2.05, 4.69) is 43.9 Å². The summed E-state index contributed by atoms with van der Waals surface area (Å²) >= 11 is 0. The fraction of sp³-hybridized carbons (Fsp3) is 0.529. The van der Waals surface area contributed by atoms with Crippen LogP contribution in [0.15, 0.2) is 22.6 Å². The summed E-state index contributed by atoms with van der Waals surface area (Å²) in [5.74, 6) is 1.06. The number of hydrogen-bond acceptors (Lipinski definition) is 3. The first-order chi connectivity index (χ1) is 9.49. The monoisotopic (exact) mass is 272 g/mol. The van der Waals surface area contributed by atoms with Gasteiger partial charge in [0.2, 0.25) is 0 Å². The molecule has 0 radical (unpaired) electrons. The van der Waals surface area contributed by atoms with Crippen molar-refractivity contribution in [3.05, 3.63) is 35.1 Å². The predicted molar refractivity (Wildman–Crippen MR) is 82.7 cm³/mol. The van der Waals surface area contributed by atoms with Crippen LogP contribution >= 0.6 is 0 Å². The van der Waals surface area contributed by atoms with Crippen molar-refractivity contribution in [1.82, 2.24) is 4.90 Å². The van der Waals surface area contributed by atoms with E-state index in [1.54, 1.807) is 0 Å². The highest BCUT2D eigenvalue weighted by Gasteiger charge is 2.32. The molecule has 2 heterocycles. The third-order valence-corrected chi connectivity index (χ3v) is 4.69. The van der Waals surface area contributed by atoms with Gasteiger partial charge in [0.1, 0.15) is 11.3 Å². The number of likely N-dealkylation sites (tertiary alicyclic amines) is 1. The highest BCUT2D eigenvalue weighted by atomic mass is 16.3. The molecule has 0 aliphatic carbocycles. The lowest BCUT2D eigenvalue weighted by atomic mass is 9.90. The summed E-state index contributed by atoms with van der Waals surface area (Å²) in [6.45, 7) is 10.4. The highest BCUT2D eigenvalue weighted by molar-refractivity contribution is 5.79. The van der Waals surface area contributed by atoms with Crippen LogP contribution < -0.4 is 5.73 Å². The fourth-order valence-corrected chi connectivity index (χ4v) is 3.08. The van der Waals surface area contributed by atoms with Gasteiger partial charge in [0.05, 0.1) is 6.54 Å². The van der Waals surface area contributed by atoms with Crippen LogP contribution in [0.5, 0.6) is 0 Å². The minimum absolute atomic E-state index is 0.277. The SMILES string of the molecule is Cc1cc2cc(CN3CCC(C)(CN)C3)oc2cc1C. The Morgan fingerprint density at radius 3 is 2.70 bits per heavy atom. The maximum absolute atomic E-state index is 5.99. The summed E-state index contributed by atoms with van der Waals surface area (Å²) in [4.78, 5) is 2.45. The molecule has 1 aliphatic heterocycles. The standard InChI is InChI=1S/C17H24N2O/c1-12-6-14-8-15(20-16(14)7-13(12)2)9-19-5-4-17(3,10-18)11-19/h6-8H,4-5,9-11,18H2,1-3H3. The first kappa shape index (κ1) is 13.7. The van der Waals surface area contributed by atoms with E-state index >= 15 is 0 Å². The zero-order valence-electron chi connectivity index (χ0n) is 12.7. The number of rotatable bonds is 3. The summed E-state index contributed by atoms with van der Waals surface area (Å²) < 4.78 is 5.99. The van der Waals surface area contributed by atoms with E-state index in [1.165, 1.54) is 22.9 Å². The van der Waals surface area contributed by atoms with Crippen molar-refractivity contribution in [2.45, 2.75) is 33.7 Å².